The highest BCUT2D eigenvalue weighted by atomic mass is 16.6. The Morgan fingerprint density at radius 3 is 2.18 bits per heavy atom. The summed E-state index contributed by atoms with van der Waals surface area (Å²) in [6.07, 6.45) is -0.794. The van der Waals surface area contributed by atoms with Crippen LogP contribution in [0, 0.1) is 20.2 Å². The molecule has 0 spiro atoms. The molecule has 22 heavy (non-hydrogen) atoms. The Balaban J connectivity index is 2.90. The van der Waals surface area contributed by atoms with E-state index in [0.717, 1.165) is 0 Å². The molecule has 0 fully saturated rings. The highest BCUT2D eigenvalue weighted by molar-refractivity contribution is 5.68. The quantitative estimate of drug-likeness (QED) is 0.657. The topological polar surface area (TPSA) is 125 Å². The van der Waals surface area contributed by atoms with Crippen LogP contribution in [0.15, 0.2) is 24.3 Å². The second-order valence-corrected chi connectivity index (χ2v) is 5.56. The number of nitro benzene ring substituents is 1. The molecule has 1 atom stereocenters. The van der Waals surface area contributed by atoms with Crippen molar-refractivity contribution >= 4 is 11.8 Å². The van der Waals surface area contributed by atoms with Gasteiger partial charge in [-0.2, -0.15) is 0 Å². The number of nitrogens with zero attached hydrogens (tertiary/aromatic N) is 2. The van der Waals surface area contributed by atoms with Gasteiger partial charge in [-0.05, 0) is 38.5 Å². The molecule has 0 saturated heterocycles. The number of hydrogen-bond donors (Lipinski definition) is 1. The van der Waals surface area contributed by atoms with Gasteiger partial charge in [0.2, 0.25) is 6.54 Å². The first-order valence-corrected chi connectivity index (χ1v) is 6.44. The maximum Gasteiger partial charge on any atom is 0.408 e. The molecule has 0 aromatic heterocycles. The predicted octanol–water partition coefficient (Wildman–Crippen LogP) is 2.44. The number of rotatable bonds is 5. The fraction of sp³-hybridized carbons (Fsp3) is 0.462. The van der Waals surface area contributed by atoms with Crippen LogP contribution in [0.25, 0.3) is 0 Å². The largest absolute Gasteiger partial charge is 0.444 e. The van der Waals surface area contributed by atoms with E-state index in [1.807, 2.05) is 0 Å². The van der Waals surface area contributed by atoms with Gasteiger partial charge in [0.1, 0.15) is 11.6 Å². The average Bonchev–Trinajstić information content (AvgIpc) is 2.35. The van der Waals surface area contributed by atoms with E-state index in [4.69, 9.17) is 4.74 Å². The number of non-ortho nitro benzene ring substituents is 1. The van der Waals surface area contributed by atoms with Crippen LogP contribution in [0.1, 0.15) is 32.4 Å². The molecule has 120 valence electrons. The highest BCUT2D eigenvalue weighted by Gasteiger charge is 2.24. The third kappa shape index (κ3) is 5.73. The molecular formula is C13H17N3O6. The van der Waals surface area contributed by atoms with Gasteiger partial charge in [0.15, 0.2) is 0 Å². The SMILES string of the molecule is CC(C)(C)OC(=O)N[C@@H](C[N+](=O)[O-])c1ccc([N+](=O)[O-])cc1. The summed E-state index contributed by atoms with van der Waals surface area (Å²) in [6, 6.07) is 4.23. The lowest BCUT2D eigenvalue weighted by Crippen LogP contribution is -2.37. The molecule has 9 heteroatoms. The molecule has 1 rings (SSSR count). The lowest BCUT2D eigenvalue weighted by molar-refractivity contribution is -0.484. The van der Waals surface area contributed by atoms with Crippen LogP contribution in [0.2, 0.25) is 0 Å². The van der Waals surface area contributed by atoms with Gasteiger partial charge in [-0.15, -0.1) is 0 Å². The van der Waals surface area contributed by atoms with E-state index in [-0.39, 0.29) is 5.69 Å². The molecule has 1 N–H and O–H groups in total. The van der Waals surface area contributed by atoms with Crippen molar-refractivity contribution in [3.63, 3.8) is 0 Å². The molecule has 0 heterocycles. The van der Waals surface area contributed by atoms with Crippen LogP contribution in [0.3, 0.4) is 0 Å². The first-order valence-electron chi connectivity index (χ1n) is 6.44. The van der Waals surface area contributed by atoms with Crippen molar-refractivity contribution in [1.29, 1.82) is 0 Å². The minimum absolute atomic E-state index is 0.138. The summed E-state index contributed by atoms with van der Waals surface area (Å²) in [5.74, 6) is 0. The van der Waals surface area contributed by atoms with E-state index in [1.54, 1.807) is 20.8 Å². The van der Waals surface area contributed by atoms with Gasteiger partial charge >= 0.3 is 6.09 Å². The summed E-state index contributed by atoms with van der Waals surface area (Å²) in [7, 11) is 0. The molecule has 1 amide bonds. The summed E-state index contributed by atoms with van der Waals surface area (Å²) in [4.78, 5) is 31.9. The zero-order valence-electron chi connectivity index (χ0n) is 12.4. The zero-order valence-corrected chi connectivity index (χ0v) is 12.4. The minimum Gasteiger partial charge on any atom is -0.444 e. The maximum absolute atomic E-state index is 11.7. The monoisotopic (exact) mass is 311 g/mol. The van der Waals surface area contributed by atoms with Crippen LogP contribution >= 0.6 is 0 Å². The van der Waals surface area contributed by atoms with E-state index in [0.29, 0.717) is 5.56 Å². The second kappa shape index (κ2) is 6.83. The van der Waals surface area contributed by atoms with E-state index in [9.17, 15) is 25.0 Å². The molecule has 0 bridgehead atoms. The predicted molar refractivity (Wildman–Crippen MR) is 77.1 cm³/mol. The fourth-order valence-corrected chi connectivity index (χ4v) is 1.66. The average molecular weight is 311 g/mol. The van der Waals surface area contributed by atoms with E-state index in [1.165, 1.54) is 24.3 Å². The molecule has 1 aromatic carbocycles. The Kier molecular flexibility index (Phi) is 5.39. The molecule has 0 aliphatic rings. The summed E-state index contributed by atoms with van der Waals surface area (Å²) in [6.45, 7) is 4.44. The number of amides is 1. The number of benzene rings is 1. The summed E-state index contributed by atoms with van der Waals surface area (Å²) < 4.78 is 5.05. The van der Waals surface area contributed by atoms with Gasteiger partial charge < -0.3 is 10.1 Å². The van der Waals surface area contributed by atoms with E-state index in [2.05, 4.69) is 5.32 Å². The van der Waals surface area contributed by atoms with Crippen molar-refractivity contribution in [1.82, 2.24) is 5.32 Å². The fourth-order valence-electron chi connectivity index (χ4n) is 1.66. The van der Waals surface area contributed by atoms with E-state index >= 15 is 0 Å². The van der Waals surface area contributed by atoms with Crippen LogP contribution in [0.4, 0.5) is 10.5 Å². The van der Waals surface area contributed by atoms with Crippen molar-refractivity contribution in [3.05, 3.63) is 50.1 Å². The smallest absolute Gasteiger partial charge is 0.408 e. The Hall–Kier alpha value is -2.71. The van der Waals surface area contributed by atoms with Gasteiger partial charge in [0.25, 0.3) is 5.69 Å². The summed E-state index contributed by atoms with van der Waals surface area (Å²) in [5, 5.41) is 23.7. The first kappa shape index (κ1) is 17.3. The van der Waals surface area contributed by atoms with Gasteiger partial charge in [-0.3, -0.25) is 20.2 Å². The highest BCUT2D eigenvalue weighted by Crippen LogP contribution is 2.19. The Morgan fingerprint density at radius 1 is 1.23 bits per heavy atom. The number of ether oxygens (including phenoxy) is 1. The van der Waals surface area contributed by atoms with Gasteiger partial charge in [0.05, 0.1) is 4.92 Å². The molecule has 0 aliphatic heterocycles. The van der Waals surface area contributed by atoms with Crippen molar-refractivity contribution < 1.29 is 19.4 Å². The Morgan fingerprint density at radius 2 is 1.77 bits per heavy atom. The van der Waals surface area contributed by atoms with Gasteiger partial charge in [-0.1, -0.05) is 0 Å². The number of hydrogen-bond acceptors (Lipinski definition) is 6. The lowest BCUT2D eigenvalue weighted by Gasteiger charge is -2.22. The lowest BCUT2D eigenvalue weighted by atomic mass is 10.1. The maximum atomic E-state index is 11.7. The summed E-state index contributed by atoms with van der Waals surface area (Å²) in [5.41, 5.74) is -0.493. The van der Waals surface area contributed by atoms with Gasteiger partial charge in [0, 0.05) is 17.1 Å². The van der Waals surface area contributed by atoms with Crippen LogP contribution in [0.5, 0.6) is 0 Å². The molecule has 0 saturated carbocycles. The molecule has 9 nitrogen and oxygen atoms in total. The normalized spacial score (nSPS) is 12.3. The van der Waals surface area contributed by atoms with Crippen LogP contribution in [-0.2, 0) is 4.74 Å². The second-order valence-electron chi connectivity index (χ2n) is 5.56. The number of carbonyl (C=O) groups excluding carboxylic acids is 1. The summed E-state index contributed by atoms with van der Waals surface area (Å²) >= 11 is 0. The Bertz CT molecular complexity index is 564. The molecule has 0 unspecified atom stereocenters. The Labute approximate surface area is 126 Å². The molecule has 0 radical (unpaired) electrons. The van der Waals surface area contributed by atoms with Crippen molar-refractivity contribution in [2.75, 3.05) is 6.54 Å². The van der Waals surface area contributed by atoms with Gasteiger partial charge in [-0.25, -0.2) is 4.79 Å². The molecular weight excluding hydrogens is 294 g/mol. The van der Waals surface area contributed by atoms with Crippen LogP contribution in [-0.4, -0.2) is 28.1 Å². The zero-order chi connectivity index (χ0) is 16.9. The number of alkyl carbamates (subject to hydrolysis) is 1. The van der Waals surface area contributed by atoms with Crippen molar-refractivity contribution in [2.45, 2.75) is 32.4 Å². The minimum atomic E-state index is -0.939. The molecule has 1 aromatic rings. The van der Waals surface area contributed by atoms with E-state index < -0.39 is 34.1 Å². The van der Waals surface area contributed by atoms with Crippen molar-refractivity contribution in [3.8, 4) is 0 Å². The standard InChI is InChI=1S/C13H17N3O6/c1-13(2,3)22-12(17)14-11(8-15(18)19)9-4-6-10(7-5-9)16(20)21/h4-7,11H,8H2,1-3H3,(H,14,17)/t11-/m0/s1. The third-order valence-corrected chi connectivity index (χ3v) is 2.53. The third-order valence-electron chi connectivity index (χ3n) is 2.53. The number of nitrogens with one attached hydrogen (secondary N) is 1. The number of nitro groups is 2. The number of carbonyl (C=O) groups is 1. The first-order chi connectivity index (χ1) is 10.1. The van der Waals surface area contributed by atoms with Crippen LogP contribution < -0.4 is 5.32 Å². The molecule has 0 aliphatic carbocycles. The van der Waals surface area contributed by atoms with Crippen molar-refractivity contribution in [2.24, 2.45) is 0 Å².